The van der Waals surface area contributed by atoms with Crippen LogP contribution in [-0.4, -0.2) is 27.5 Å². The molecule has 0 saturated carbocycles. The first kappa shape index (κ1) is 14.9. The Morgan fingerprint density at radius 2 is 2.21 bits per heavy atom. The highest BCUT2D eigenvalue weighted by molar-refractivity contribution is 5.93. The van der Waals surface area contributed by atoms with Gasteiger partial charge < -0.3 is 10.4 Å². The number of aromatic carboxylic acids is 1. The highest BCUT2D eigenvalue weighted by Gasteiger charge is 2.22. The summed E-state index contributed by atoms with van der Waals surface area (Å²) in [6.07, 6.45) is 1.91. The number of carbonyl (C=O) groups is 1. The van der Waals surface area contributed by atoms with E-state index in [0.717, 1.165) is 12.6 Å². The molecule has 0 aliphatic rings. The Kier molecular flexibility index (Phi) is 4.42. The summed E-state index contributed by atoms with van der Waals surface area (Å²) in [6, 6.07) is 1.19. The second kappa shape index (κ2) is 5.64. The van der Waals surface area contributed by atoms with Gasteiger partial charge in [0.05, 0.1) is 4.92 Å². The van der Waals surface area contributed by atoms with Gasteiger partial charge in [-0.3, -0.25) is 10.1 Å². The largest absolute Gasteiger partial charge is 0.477 e. The molecule has 1 heterocycles. The highest BCUT2D eigenvalue weighted by Crippen LogP contribution is 2.23. The molecule has 19 heavy (non-hydrogen) atoms. The number of carboxylic acids is 1. The zero-order chi connectivity index (χ0) is 14.6. The highest BCUT2D eigenvalue weighted by atomic mass is 16.6. The smallest absolute Gasteiger partial charge is 0.342 e. The van der Waals surface area contributed by atoms with E-state index in [2.05, 4.69) is 24.1 Å². The van der Waals surface area contributed by atoms with Crippen LogP contribution in [0.3, 0.4) is 0 Å². The number of rotatable bonds is 6. The minimum Gasteiger partial charge on any atom is -0.477 e. The van der Waals surface area contributed by atoms with Crippen molar-refractivity contribution in [2.24, 2.45) is 5.41 Å². The maximum Gasteiger partial charge on any atom is 0.342 e. The standard InChI is InChI=1S/C12H17N3O4/c1-4-12(2,3)7-14-10-5-8(11(16)17)9(6-13-10)15(18)19/h5-6H,4,7H2,1-3H3,(H,13,14)(H,16,17). The molecule has 0 atom stereocenters. The van der Waals surface area contributed by atoms with E-state index < -0.39 is 16.6 Å². The van der Waals surface area contributed by atoms with Gasteiger partial charge in [0.1, 0.15) is 17.6 Å². The molecule has 7 nitrogen and oxygen atoms in total. The molecule has 0 aliphatic carbocycles. The molecule has 2 N–H and O–H groups in total. The first-order valence-corrected chi connectivity index (χ1v) is 5.88. The quantitative estimate of drug-likeness (QED) is 0.606. The molecule has 0 bridgehead atoms. The van der Waals surface area contributed by atoms with Crippen molar-refractivity contribution in [3.63, 3.8) is 0 Å². The van der Waals surface area contributed by atoms with E-state index in [9.17, 15) is 14.9 Å². The second-order valence-corrected chi connectivity index (χ2v) is 5.02. The molecule has 0 unspecified atom stereocenters. The number of carboxylic acid groups (broad SMARTS) is 1. The lowest BCUT2D eigenvalue weighted by molar-refractivity contribution is -0.385. The van der Waals surface area contributed by atoms with E-state index in [4.69, 9.17) is 5.11 Å². The Balaban J connectivity index is 2.97. The topological polar surface area (TPSA) is 105 Å². The monoisotopic (exact) mass is 267 g/mol. The third-order valence-electron chi connectivity index (χ3n) is 3.02. The summed E-state index contributed by atoms with van der Waals surface area (Å²) in [7, 11) is 0. The third-order valence-corrected chi connectivity index (χ3v) is 3.02. The van der Waals surface area contributed by atoms with Crippen molar-refractivity contribution in [3.8, 4) is 0 Å². The normalized spacial score (nSPS) is 11.1. The average molecular weight is 267 g/mol. The molecule has 0 fully saturated rings. The minimum atomic E-state index is -1.34. The summed E-state index contributed by atoms with van der Waals surface area (Å²) in [4.78, 5) is 24.8. The van der Waals surface area contributed by atoms with E-state index in [1.54, 1.807) is 0 Å². The van der Waals surface area contributed by atoms with Gasteiger partial charge in [-0.25, -0.2) is 9.78 Å². The predicted octanol–water partition coefficient (Wildman–Crippen LogP) is 2.54. The van der Waals surface area contributed by atoms with Crippen LogP contribution in [0.15, 0.2) is 12.3 Å². The van der Waals surface area contributed by atoms with E-state index in [1.165, 1.54) is 6.07 Å². The molecular formula is C12H17N3O4. The Morgan fingerprint density at radius 1 is 1.58 bits per heavy atom. The fraction of sp³-hybridized carbons (Fsp3) is 0.500. The number of nitro groups is 1. The molecule has 0 spiro atoms. The minimum absolute atomic E-state index is 0.0346. The lowest BCUT2D eigenvalue weighted by atomic mass is 9.90. The van der Waals surface area contributed by atoms with Crippen molar-refractivity contribution in [2.45, 2.75) is 27.2 Å². The summed E-state index contributed by atoms with van der Waals surface area (Å²) in [5.41, 5.74) is -0.836. The van der Waals surface area contributed by atoms with Gasteiger partial charge in [0, 0.05) is 12.6 Å². The number of pyridine rings is 1. The van der Waals surface area contributed by atoms with Gasteiger partial charge in [-0.05, 0) is 11.8 Å². The van der Waals surface area contributed by atoms with Crippen molar-refractivity contribution in [1.29, 1.82) is 0 Å². The van der Waals surface area contributed by atoms with Crippen LogP contribution in [0.2, 0.25) is 0 Å². The molecular weight excluding hydrogens is 250 g/mol. The van der Waals surface area contributed by atoms with Crippen molar-refractivity contribution in [2.75, 3.05) is 11.9 Å². The lowest BCUT2D eigenvalue weighted by Crippen LogP contribution is -2.22. The zero-order valence-electron chi connectivity index (χ0n) is 11.1. The molecule has 0 saturated heterocycles. The van der Waals surface area contributed by atoms with Gasteiger partial charge >= 0.3 is 11.7 Å². The summed E-state index contributed by atoms with van der Waals surface area (Å²) in [5, 5.41) is 22.6. The third kappa shape index (κ3) is 3.90. The van der Waals surface area contributed by atoms with Gasteiger partial charge in [0.25, 0.3) is 0 Å². The van der Waals surface area contributed by atoms with Crippen LogP contribution in [0, 0.1) is 15.5 Å². The number of anilines is 1. The summed E-state index contributed by atoms with van der Waals surface area (Å²) in [5.74, 6) is -1.02. The van der Waals surface area contributed by atoms with Crippen LogP contribution < -0.4 is 5.32 Å². The summed E-state index contributed by atoms with van der Waals surface area (Å²) in [6.45, 7) is 6.77. The Labute approximate surface area is 110 Å². The van der Waals surface area contributed by atoms with Gasteiger partial charge in [0.2, 0.25) is 0 Å². The number of nitrogens with zero attached hydrogens (tertiary/aromatic N) is 2. The lowest BCUT2D eigenvalue weighted by Gasteiger charge is -2.23. The van der Waals surface area contributed by atoms with Crippen molar-refractivity contribution >= 4 is 17.5 Å². The fourth-order valence-electron chi connectivity index (χ4n) is 1.32. The SMILES string of the molecule is CCC(C)(C)CNc1cc(C(=O)O)c([N+](=O)[O-])cn1. The van der Waals surface area contributed by atoms with E-state index in [0.29, 0.717) is 12.4 Å². The average Bonchev–Trinajstić information content (AvgIpc) is 2.36. The molecule has 0 radical (unpaired) electrons. The number of hydrogen-bond donors (Lipinski definition) is 2. The molecule has 1 aromatic heterocycles. The zero-order valence-corrected chi connectivity index (χ0v) is 11.1. The predicted molar refractivity (Wildman–Crippen MR) is 70.4 cm³/mol. The molecule has 1 rings (SSSR count). The van der Waals surface area contributed by atoms with Gasteiger partial charge in [-0.1, -0.05) is 20.8 Å². The van der Waals surface area contributed by atoms with Crippen molar-refractivity contribution in [1.82, 2.24) is 4.98 Å². The summed E-state index contributed by atoms with van der Waals surface area (Å²) >= 11 is 0. The van der Waals surface area contributed by atoms with Crippen LogP contribution in [0.4, 0.5) is 11.5 Å². The first-order chi connectivity index (χ1) is 8.76. The van der Waals surface area contributed by atoms with Crippen LogP contribution in [-0.2, 0) is 0 Å². The fourth-order valence-corrected chi connectivity index (χ4v) is 1.32. The molecule has 0 aromatic carbocycles. The number of aromatic nitrogens is 1. The van der Waals surface area contributed by atoms with Crippen LogP contribution >= 0.6 is 0 Å². The molecule has 104 valence electrons. The molecule has 1 aromatic rings. The van der Waals surface area contributed by atoms with E-state index in [-0.39, 0.29) is 11.0 Å². The molecule has 0 aliphatic heterocycles. The maximum atomic E-state index is 11.0. The second-order valence-electron chi connectivity index (χ2n) is 5.02. The van der Waals surface area contributed by atoms with Gasteiger partial charge in [0.15, 0.2) is 0 Å². The van der Waals surface area contributed by atoms with E-state index in [1.807, 2.05) is 6.92 Å². The van der Waals surface area contributed by atoms with Gasteiger partial charge in [-0.15, -0.1) is 0 Å². The number of hydrogen-bond acceptors (Lipinski definition) is 5. The van der Waals surface area contributed by atoms with Crippen LogP contribution in [0.25, 0.3) is 0 Å². The Hall–Kier alpha value is -2.18. The molecule has 7 heteroatoms. The van der Waals surface area contributed by atoms with Crippen LogP contribution in [0.5, 0.6) is 0 Å². The van der Waals surface area contributed by atoms with Crippen molar-refractivity contribution in [3.05, 3.63) is 27.9 Å². The molecule has 0 amide bonds. The Bertz CT molecular complexity index is 500. The van der Waals surface area contributed by atoms with Gasteiger partial charge in [-0.2, -0.15) is 0 Å². The van der Waals surface area contributed by atoms with E-state index >= 15 is 0 Å². The first-order valence-electron chi connectivity index (χ1n) is 5.88. The number of nitrogens with one attached hydrogen (secondary N) is 1. The Morgan fingerprint density at radius 3 is 2.68 bits per heavy atom. The van der Waals surface area contributed by atoms with Crippen molar-refractivity contribution < 1.29 is 14.8 Å². The summed E-state index contributed by atoms with van der Waals surface area (Å²) < 4.78 is 0. The maximum absolute atomic E-state index is 11.0. The van der Waals surface area contributed by atoms with Crippen LogP contribution in [0.1, 0.15) is 37.6 Å².